The summed E-state index contributed by atoms with van der Waals surface area (Å²) in [5.41, 5.74) is 1.81. The summed E-state index contributed by atoms with van der Waals surface area (Å²) in [5.74, 6) is -1.85. The number of imide groups is 2. The van der Waals surface area contributed by atoms with E-state index < -0.39 is 23.8 Å². The van der Waals surface area contributed by atoms with Crippen LogP contribution >= 0.6 is 0 Å². The highest BCUT2D eigenvalue weighted by Crippen LogP contribution is 2.45. The maximum Gasteiger partial charge on any atom is 0.262 e. The van der Waals surface area contributed by atoms with Gasteiger partial charge < -0.3 is 10.6 Å². The standard InChI is InChI=1S/C22H26N4O4/c27-17-6-5-15(19(28)25-17)26-20(29)14-4-1-3-13(18(14)21(26)30)11-24-16-7-10-23-12-22(16)8-2-9-22/h1,3-4,15-16,23-24H,2,5-12H2,(H,25,27,28). The van der Waals surface area contributed by atoms with E-state index in [1.54, 1.807) is 12.1 Å². The van der Waals surface area contributed by atoms with Crippen molar-refractivity contribution >= 4 is 23.6 Å². The topological polar surface area (TPSA) is 108 Å². The molecule has 4 amide bonds. The van der Waals surface area contributed by atoms with Crippen LogP contribution in [0.15, 0.2) is 18.2 Å². The van der Waals surface area contributed by atoms with Gasteiger partial charge in [0.15, 0.2) is 0 Å². The largest absolute Gasteiger partial charge is 0.316 e. The second-order valence-electron chi connectivity index (χ2n) is 8.90. The van der Waals surface area contributed by atoms with Crippen molar-refractivity contribution in [3.8, 4) is 0 Å². The first-order chi connectivity index (χ1) is 14.5. The number of hydrogen-bond acceptors (Lipinski definition) is 6. The quantitative estimate of drug-likeness (QED) is 0.631. The molecular formula is C22H26N4O4. The van der Waals surface area contributed by atoms with Crippen LogP contribution in [0.2, 0.25) is 0 Å². The van der Waals surface area contributed by atoms with Crippen LogP contribution in [0.4, 0.5) is 0 Å². The first kappa shape index (κ1) is 19.4. The number of amides is 4. The van der Waals surface area contributed by atoms with Crippen molar-refractivity contribution in [3.63, 3.8) is 0 Å². The Morgan fingerprint density at radius 3 is 2.67 bits per heavy atom. The van der Waals surface area contributed by atoms with Crippen LogP contribution in [0.1, 0.15) is 64.8 Å². The Kier molecular flexibility index (Phi) is 4.71. The number of rotatable bonds is 4. The molecule has 30 heavy (non-hydrogen) atoms. The molecule has 4 aliphatic rings. The molecule has 3 fully saturated rings. The lowest BCUT2D eigenvalue weighted by molar-refractivity contribution is -0.136. The predicted molar refractivity (Wildman–Crippen MR) is 108 cm³/mol. The van der Waals surface area contributed by atoms with E-state index in [1.807, 2.05) is 6.07 Å². The summed E-state index contributed by atoms with van der Waals surface area (Å²) in [6.07, 6.45) is 5.02. The third kappa shape index (κ3) is 2.97. The zero-order valence-corrected chi connectivity index (χ0v) is 16.8. The van der Waals surface area contributed by atoms with Crippen LogP contribution in [0.3, 0.4) is 0 Å². The molecule has 1 aromatic carbocycles. The lowest BCUT2D eigenvalue weighted by Crippen LogP contribution is -2.58. The first-order valence-electron chi connectivity index (χ1n) is 10.8. The SMILES string of the molecule is O=C1CCC(N2C(=O)c3cccc(CNC4CCNCC45CCC5)c3C2=O)C(=O)N1. The molecule has 1 saturated carbocycles. The van der Waals surface area contributed by atoms with Crippen molar-refractivity contribution in [3.05, 3.63) is 34.9 Å². The Bertz CT molecular complexity index is 939. The molecule has 0 bridgehead atoms. The number of fused-ring (bicyclic) bond motifs is 1. The summed E-state index contributed by atoms with van der Waals surface area (Å²) >= 11 is 0. The summed E-state index contributed by atoms with van der Waals surface area (Å²) in [4.78, 5) is 50.9. The van der Waals surface area contributed by atoms with Crippen LogP contribution in [-0.2, 0) is 16.1 Å². The number of benzene rings is 1. The maximum absolute atomic E-state index is 13.2. The lowest BCUT2D eigenvalue weighted by Gasteiger charge is -2.51. The molecule has 5 rings (SSSR count). The van der Waals surface area contributed by atoms with E-state index in [0.29, 0.717) is 29.1 Å². The van der Waals surface area contributed by atoms with Gasteiger partial charge in [0.1, 0.15) is 6.04 Å². The second kappa shape index (κ2) is 7.28. The molecule has 3 N–H and O–H groups in total. The minimum Gasteiger partial charge on any atom is -0.316 e. The van der Waals surface area contributed by atoms with E-state index in [4.69, 9.17) is 0 Å². The molecule has 2 atom stereocenters. The fourth-order valence-electron chi connectivity index (χ4n) is 5.45. The summed E-state index contributed by atoms with van der Waals surface area (Å²) in [7, 11) is 0. The van der Waals surface area contributed by atoms with Gasteiger partial charge in [0.05, 0.1) is 11.1 Å². The van der Waals surface area contributed by atoms with Crippen LogP contribution < -0.4 is 16.0 Å². The van der Waals surface area contributed by atoms with Crippen molar-refractivity contribution in [2.24, 2.45) is 5.41 Å². The molecule has 1 aliphatic carbocycles. The second-order valence-corrected chi connectivity index (χ2v) is 8.90. The molecule has 0 radical (unpaired) electrons. The zero-order chi connectivity index (χ0) is 20.9. The molecule has 1 spiro atoms. The van der Waals surface area contributed by atoms with Crippen molar-refractivity contribution in [1.82, 2.24) is 20.9 Å². The van der Waals surface area contributed by atoms with Crippen molar-refractivity contribution in [2.45, 2.75) is 57.2 Å². The molecule has 158 valence electrons. The van der Waals surface area contributed by atoms with E-state index in [0.717, 1.165) is 30.0 Å². The average Bonchev–Trinajstić information content (AvgIpc) is 2.97. The van der Waals surface area contributed by atoms with Gasteiger partial charge in [-0.25, -0.2) is 0 Å². The minimum absolute atomic E-state index is 0.121. The minimum atomic E-state index is -0.932. The van der Waals surface area contributed by atoms with Gasteiger partial charge in [0.2, 0.25) is 11.8 Å². The van der Waals surface area contributed by atoms with Gasteiger partial charge in [0, 0.05) is 25.6 Å². The van der Waals surface area contributed by atoms with Crippen LogP contribution in [-0.4, -0.2) is 53.7 Å². The fourth-order valence-corrected chi connectivity index (χ4v) is 5.45. The number of hydrogen-bond donors (Lipinski definition) is 3. The predicted octanol–water partition coefficient (Wildman–Crippen LogP) is 0.710. The molecule has 1 aromatic rings. The van der Waals surface area contributed by atoms with Gasteiger partial charge >= 0.3 is 0 Å². The summed E-state index contributed by atoms with van der Waals surface area (Å²) < 4.78 is 0. The van der Waals surface area contributed by atoms with Crippen molar-refractivity contribution < 1.29 is 19.2 Å². The Morgan fingerprint density at radius 1 is 1.10 bits per heavy atom. The van der Waals surface area contributed by atoms with Crippen LogP contribution in [0.25, 0.3) is 0 Å². The molecule has 3 heterocycles. The third-order valence-corrected chi connectivity index (χ3v) is 7.27. The maximum atomic E-state index is 13.2. The molecule has 8 heteroatoms. The number of nitrogens with one attached hydrogen (secondary N) is 3. The smallest absolute Gasteiger partial charge is 0.262 e. The van der Waals surface area contributed by atoms with Gasteiger partial charge in [0.25, 0.3) is 11.8 Å². The van der Waals surface area contributed by atoms with Gasteiger partial charge in [-0.1, -0.05) is 18.6 Å². The number of carbonyl (C=O) groups excluding carboxylic acids is 4. The monoisotopic (exact) mass is 410 g/mol. The zero-order valence-electron chi connectivity index (χ0n) is 16.8. The molecule has 2 unspecified atom stereocenters. The first-order valence-corrected chi connectivity index (χ1v) is 10.8. The number of nitrogens with zero attached hydrogens (tertiary/aromatic N) is 1. The fraction of sp³-hybridized carbons (Fsp3) is 0.545. The van der Waals surface area contributed by atoms with Gasteiger partial charge in [-0.2, -0.15) is 0 Å². The third-order valence-electron chi connectivity index (χ3n) is 7.27. The van der Waals surface area contributed by atoms with E-state index in [-0.39, 0.29) is 18.7 Å². The molecule has 0 aromatic heterocycles. The van der Waals surface area contributed by atoms with E-state index in [1.165, 1.54) is 19.3 Å². The van der Waals surface area contributed by atoms with Gasteiger partial charge in [-0.15, -0.1) is 0 Å². The summed E-state index contributed by atoms with van der Waals surface area (Å²) in [5, 5.41) is 9.40. The highest BCUT2D eigenvalue weighted by molar-refractivity contribution is 6.24. The van der Waals surface area contributed by atoms with E-state index in [9.17, 15) is 19.2 Å². The van der Waals surface area contributed by atoms with E-state index in [2.05, 4.69) is 16.0 Å². The van der Waals surface area contributed by atoms with E-state index >= 15 is 0 Å². The number of piperidine rings is 2. The van der Waals surface area contributed by atoms with Gasteiger partial charge in [-0.05, 0) is 49.3 Å². The van der Waals surface area contributed by atoms with Crippen molar-refractivity contribution in [2.75, 3.05) is 13.1 Å². The number of carbonyl (C=O) groups is 4. The van der Waals surface area contributed by atoms with Gasteiger partial charge in [-0.3, -0.25) is 29.4 Å². The molecule has 2 saturated heterocycles. The lowest BCUT2D eigenvalue weighted by atomic mass is 9.62. The Balaban J connectivity index is 1.37. The average molecular weight is 410 g/mol. The highest BCUT2D eigenvalue weighted by atomic mass is 16.2. The Labute approximate surface area is 174 Å². The molecular weight excluding hydrogens is 384 g/mol. The molecule has 3 aliphatic heterocycles. The molecule has 8 nitrogen and oxygen atoms in total. The normalized spacial score (nSPS) is 27.8. The summed E-state index contributed by atoms with van der Waals surface area (Å²) in [6, 6.07) is 4.76. The van der Waals surface area contributed by atoms with Crippen LogP contribution in [0.5, 0.6) is 0 Å². The van der Waals surface area contributed by atoms with Crippen molar-refractivity contribution in [1.29, 1.82) is 0 Å². The highest BCUT2D eigenvalue weighted by Gasteiger charge is 2.47. The Morgan fingerprint density at radius 2 is 1.93 bits per heavy atom. The van der Waals surface area contributed by atoms with Crippen LogP contribution in [0, 0.1) is 5.41 Å². The summed E-state index contributed by atoms with van der Waals surface area (Å²) in [6.45, 7) is 2.52. The Hall–Kier alpha value is -2.58.